The standard InChI is InChI=1S/C12H16FNO4/c13-8-2-6(10(16)3-9(8)14)7-1-5(4-15)11(17)12(7)18/h2,5,7,11-12,15,17-18H,1,3-4,14H2/t5-,7?,11-,12+/m1/s1. The topological polar surface area (TPSA) is 104 Å². The highest BCUT2D eigenvalue weighted by Gasteiger charge is 2.44. The lowest BCUT2D eigenvalue weighted by molar-refractivity contribution is -0.116. The van der Waals surface area contributed by atoms with E-state index in [1.54, 1.807) is 0 Å². The molecule has 6 heteroatoms. The Morgan fingerprint density at radius 2 is 2.06 bits per heavy atom. The number of aliphatic hydroxyl groups excluding tert-OH is 3. The van der Waals surface area contributed by atoms with Gasteiger partial charge in [0.25, 0.3) is 0 Å². The zero-order valence-corrected chi connectivity index (χ0v) is 9.71. The molecule has 0 aliphatic heterocycles. The minimum absolute atomic E-state index is 0.115. The zero-order chi connectivity index (χ0) is 13.4. The molecule has 1 saturated carbocycles. The molecule has 18 heavy (non-hydrogen) atoms. The van der Waals surface area contributed by atoms with Gasteiger partial charge in [-0.25, -0.2) is 4.39 Å². The SMILES string of the molecule is NC1=C(F)C=C(C2C[C@H](CO)[C@@H](O)[C@H]2O)C(=O)C1. The lowest BCUT2D eigenvalue weighted by Crippen LogP contribution is -2.32. The number of halogens is 1. The molecule has 0 heterocycles. The molecule has 0 bridgehead atoms. The maximum Gasteiger partial charge on any atom is 0.165 e. The van der Waals surface area contributed by atoms with E-state index >= 15 is 0 Å². The Kier molecular flexibility index (Phi) is 3.52. The number of aliphatic hydroxyl groups is 3. The molecule has 100 valence electrons. The fourth-order valence-electron chi connectivity index (χ4n) is 2.60. The first kappa shape index (κ1) is 13.2. The molecule has 1 unspecified atom stereocenters. The van der Waals surface area contributed by atoms with Crippen LogP contribution in [0.1, 0.15) is 12.8 Å². The van der Waals surface area contributed by atoms with Crippen LogP contribution in [0.3, 0.4) is 0 Å². The lowest BCUT2D eigenvalue weighted by atomic mass is 9.86. The molecule has 1 fully saturated rings. The second kappa shape index (κ2) is 4.79. The van der Waals surface area contributed by atoms with E-state index in [1.807, 2.05) is 0 Å². The fraction of sp³-hybridized carbons (Fsp3) is 0.583. The summed E-state index contributed by atoms with van der Waals surface area (Å²) in [6, 6.07) is 0. The van der Waals surface area contributed by atoms with Gasteiger partial charge in [0.15, 0.2) is 5.78 Å². The third-order valence-corrected chi connectivity index (χ3v) is 3.70. The van der Waals surface area contributed by atoms with Crippen LogP contribution in [0.4, 0.5) is 4.39 Å². The van der Waals surface area contributed by atoms with Gasteiger partial charge in [0.05, 0.1) is 24.3 Å². The van der Waals surface area contributed by atoms with Crippen LogP contribution in [0.5, 0.6) is 0 Å². The molecule has 0 amide bonds. The summed E-state index contributed by atoms with van der Waals surface area (Å²) in [6.07, 6.45) is -1.18. The monoisotopic (exact) mass is 257 g/mol. The van der Waals surface area contributed by atoms with Gasteiger partial charge in [0.1, 0.15) is 5.83 Å². The van der Waals surface area contributed by atoms with E-state index in [0.717, 1.165) is 6.08 Å². The summed E-state index contributed by atoms with van der Waals surface area (Å²) >= 11 is 0. The van der Waals surface area contributed by atoms with Gasteiger partial charge in [-0.3, -0.25) is 4.79 Å². The summed E-state index contributed by atoms with van der Waals surface area (Å²) in [6.45, 7) is -0.281. The summed E-state index contributed by atoms with van der Waals surface area (Å²) in [4.78, 5) is 11.8. The number of Topliss-reactive ketones (excluding diaryl/α,β-unsaturated/α-hetero) is 1. The van der Waals surface area contributed by atoms with Gasteiger partial charge in [0, 0.05) is 24.0 Å². The molecule has 0 saturated heterocycles. The Morgan fingerprint density at radius 3 is 2.61 bits per heavy atom. The van der Waals surface area contributed by atoms with Crippen molar-refractivity contribution in [3.05, 3.63) is 23.2 Å². The van der Waals surface area contributed by atoms with Gasteiger partial charge in [0.2, 0.25) is 0 Å². The van der Waals surface area contributed by atoms with Crippen molar-refractivity contribution in [1.29, 1.82) is 0 Å². The van der Waals surface area contributed by atoms with E-state index in [9.17, 15) is 19.4 Å². The number of hydrogen-bond acceptors (Lipinski definition) is 5. The van der Waals surface area contributed by atoms with Crippen molar-refractivity contribution < 1.29 is 24.5 Å². The van der Waals surface area contributed by atoms with E-state index in [-0.39, 0.29) is 36.5 Å². The largest absolute Gasteiger partial charge is 0.399 e. The second-order valence-corrected chi connectivity index (χ2v) is 4.84. The number of carbonyl (C=O) groups is 1. The highest BCUT2D eigenvalue weighted by atomic mass is 19.1. The van der Waals surface area contributed by atoms with Gasteiger partial charge in [-0.05, 0) is 12.5 Å². The predicted octanol–water partition coefficient (Wildman–Crippen LogP) is -0.624. The summed E-state index contributed by atoms with van der Waals surface area (Å²) in [5, 5.41) is 28.6. The van der Waals surface area contributed by atoms with Gasteiger partial charge >= 0.3 is 0 Å². The summed E-state index contributed by atoms with van der Waals surface area (Å²) in [7, 11) is 0. The predicted molar refractivity (Wildman–Crippen MR) is 60.7 cm³/mol. The molecular formula is C12H16FNO4. The maximum absolute atomic E-state index is 13.4. The van der Waals surface area contributed by atoms with Gasteiger partial charge < -0.3 is 21.1 Å². The van der Waals surface area contributed by atoms with Crippen molar-refractivity contribution in [2.45, 2.75) is 25.0 Å². The van der Waals surface area contributed by atoms with E-state index in [1.165, 1.54) is 0 Å². The average molecular weight is 257 g/mol. The molecule has 0 spiro atoms. The smallest absolute Gasteiger partial charge is 0.165 e. The first-order valence-electron chi connectivity index (χ1n) is 5.81. The van der Waals surface area contributed by atoms with E-state index in [0.29, 0.717) is 0 Å². The molecule has 0 aromatic carbocycles. The highest BCUT2D eigenvalue weighted by molar-refractivity contribution is 5.99. The first-order valence-corrected chi connectivity index (χ1v) is 5.81. The van der Waals surface area contributed by atoms with Gasteiger partial charge in [-0.1, -0.05) is 0 Å². The van der Waals surface area contributed by atoms with Crippen LogP contribution >= 0.6 is 0 Å². The van der Waals surface area contributed by atoms with Crippen molar-refractivity contribution in [2.24, 2.45) is 17.6 Å². The Labute approximate surface area is 103 Å². The normalized spacial score (nSPS) is 37.1. The third-order valence-electron chi connectivity index (χ3n) is 3.70. The fourth-order valence-corrected chi connectivity index (χ4v) is 2.60. The van der Waals surface area contributed by atoms with Crippen LogP contribution in [0, 0.1) is 11.8 Å². The molecule has 2 rings (SSSR count). The molecule has 0 aromatic rings. The number of hydrogen-bond donors (Lipinski definition) is 4. The number of nitrogens with two attached hydrogens (primary N) is 1. The number of allylic oxidation sites excluding steroid dienone is 3. The van der Waals surface area contributed by atoms with Crippen molar-refractivity contribution in [2.75, 3.05) is 6.61 Å². The van der Waals surface area contributed by atoms with Crippen LogP contribution < -0.4 is 5.73 Å². The maximum atomic E-state index is 13.4. The Bertz CT molecular complexity index is 432. The second-order valence-electron chi connectivity index (χ2n) is 4.84. The molecule has 5 N–H and O–H groups in total. The summed E-state index contributed by atoms with van der Waals surface area (Å²) < 4.78 is 13.4. The minimum atomic E-state index is -1.16. The number of rotatable bonds is 2. The van der Waals surface area contributed by atoms with Crippen molar-refractivity contribution in [3.8, 4) is 0 Å². The average Bonchev–Trinajstić information content (AvgIpc) is 2.61. The van der Waals surface area contributed by atoms with Gasteiger partial charge in [-0.15, -0.1) is 0 Å². The first-order chi connectivity index (χ1) is 8.45. The minimum Gasteiger partial charge on any atom is -0.399 e. The van der Waals surface area contributed by atoms with Crippen LogP contribution in [-0.4, -0.2) is 39.9 Å². The Hall–Kier alpha value is -1.24. The quantitative estimate of drug-likeness (QED) is 0.527. The molecule has 0 aromatic heterocycles. The van der Waals surface area contributed by atoms with Crippen molar-refractivity contribution in [3.63, 3.8) is 0 Å². The molecular weight excluding hydrogens is 241 g/mol. The molecule has 2 aliphatic rings. The third kappa shape index (κ3) is 2.07. The van der Waals surface area contributed by atoms with E-state index < -0.39 is 29.9 Å². The molecule has 5 nitrogen and oxygen atoms in total. The Balaban J connectivity index is 2.27. The molecule has 2 aliphatic carbocycles. The van der Waals surface area contributed by atoms with Crippen LogP contribution in [0.2, 0.25) is 0 Å². The zero-order valence-electron chi connectivity index (χ0n) is 9.71. The van der Waals surface area contributed by atoms with Crippen LogP contribution in [0.15, 0.2) is 23.2 Å². The molecule has 4 atom stereocenters. The van der Waals surface area contributed by atoms with Crippen molar-refractivity contribution >= 4 is 5.78 Å². The van der Waals surface area contributed by atoms with Crippen LogP contribution in [0.25, 0.3) is 0 Å². The molecule has 0 radical (unpaired) electrons. The van der Waals surface area contributed by atoms with Crippen LogP contribution in [-0.2, 0) is 4.79 Å². The van der Waals surface area contributed by atoms with Gasteiger partial charge in [-0.2, -0.15) is 0 Å². The summed E-state index contributed by atoms with van der Waals surface area (Å²) in [5.74, 6) is -2.16. The summed E-state index contributed by atoms with van der Waals surface area (Å²) in [5.41, 5.74) is 5.36. The van der Waals surface area contributed by atoms with Crippen molar-refractivity contribution in [1.82, 2.24) is 0 Å². The van der Waals surface area contributed by atoms with E-state index in [4.69, 9.17) is 10.8 Å². The Morgan fingerprint density at radius 1 is 1.39 bits per heavy atom. The number of carbonyl (C=O) groups excluding carboxylic acids is 1. The highest BCUT2D eigenvalue weighted by Crippen LogP contribution is 2.38. The lowest BCUT2D eigenvalue weighted by Gasteiger charge is -2.21. The number of ketones is 1. The van der Waals surface area contributed by atoms with E-state index in [2.05, 4.69) is 0 Å².